The molecule has 0 spiro atoms. The molecule has 0 radical (unpaired) electrons. The lowest BCUT2D eigenvalue weighted by Crippen LogP contribution is -2.51. The van der Waals surface area contributed by atoms with E-state index in [1.165, 1.54) is 25.5 Å². The first-order chi connectivity index (χ1) is 12.8. The minimum atomic E-state index is -0.882. The largest absolute Gasteiger partial charge is 0.388 e. The van der Waals surface area contributed by atoms with Crippen LogP contribution in [-0.2, 0) is 5.41 Å². The molecule has 4 aliphatic carbocycles. The van der Waals surface area contributed by atoms with Crippen LogP contribution in [0.4, 0.5) is 0 Å². The average molecular weight is 371 g/mol. The van der Waals surface area contributed by atoms with E-state index in [1.807, 2.05) is 0 Å². The van der Waals surface area contributed by atoms with E-state index in [0.717, 1.165) is 49.3 Å². The highest BCUT2D eigenvalue weighted by atomic mass is 16.3. The van der Waals surface area contributed by atoms with E-state index in [0.29, 0.717) is 13.0 Å². The molecule has 6 rings (SSSR count). The second-order valence-corrected chi connectivity index (χ2v) is 10.00. The van der Waals surface area contributed by atoms with Crippen LogP contribution in [0.15, 0.2) is 11.0 Å². The number of rotatable bonds is 2. The number of β-amino-alcohol motifs (C(OH)–C–C–N with tert-alkyl or cyclic N) is 1. The van der Waals surface area contributed by atoms with Crippen molar-refractivity contribution in [1.29, 1.82) is 0 Å². The molecule has 2 heterocycles. The van der Waals surface area contributed by atoms with E-state index >= 15 is 0 Å². The van der Waals surface area contributed by atoms with Gasteiger partial charge in [0.05, 0.1) is 5.60 Å². The van der Waals surface area contributed by atoms with E-state index in [9.17, 15) is 14.7 Å². The number of amides is 1. The standard InChI is InChI=1S/C21H29N3O3/c1-20(27)3-2-4-24(12-20)18(26)16-11-22-19(23-17(16)25)21-8-13-5-14(9-21)7-15(6-13)10-21/h11,13-15,27H,2-10,12H2,1H3,(H,22,23,25)/t13?,14?,15?,20-,21?/m1/s1. The zero-order valence-electron chi connectivity index (χ0n) is 16.0. The van der Waals surface area contributed by atoms with Crippen LogP contribution >= 0.6 is 0 Å². The number of aromatic nitrogens is 2. The van der Waals surface area contributed by atoms with Crippen molar-refractivity contribution >= 4 is 5.91 Å². The highest BCUT2D eigenvalue weighted by molar-refractivity contribution is 5.93. The van der Waals surface area contributed by atoms with Crippen LogP contribution in [-0.4, -0.2) is 44.6 Å². The van der Waals surface area contributed by atoms with E-state index in [1.54, 1.807) is 11.8 Å². The van der Waals surface area contributed by atoms with Gasteiger partial charge in [0.1, 0.15) is 11.4 Å². The summed E-state index contributed by atoms with van der Waals surface area (Å²) in [5, 5.41) is 10.3. The second kappa shape index (κ2) is 5.90. The summed E-state index contributed by atoms with van der Waals surface area (Å²) in [6.07, 6.45) is 10.3. The number of piperidine rings is 1. The minimum Gasteiger partial charge on any atom is -0.388 e. The lowest BCUT2D eigenvalue weighted by molar-refractivity contribution is -0.0112. The minimum absolute atomic E-state index is 0.0181. The molecule has 1 atom stereocenters. The third-order valence-electron chi connectivity index (χ3n) is 7.53. The van der Waals surface area contributed by atoms with Crippen molar-refractivity contribution in [2.75, 3.05) is 13.1 Å². The fourth-order valence-corrected chi connectivity index (χ4v) is 6.78. The van der Waals surface area contributed by atoms with Crippen LogP contribution in [0.25, 0.3) is 0 Å². The van der Waals surface area contributed by atoms with Crippen LogP contribution in [0, 0.1) is 17.8 Å². The fraction of sp³-hybridized carbons (Fsp3) is 0.762. The first-order valence-corrected chi connectivity index (χ1v) is 10.5. The maximum absolute atomic E-state index is 12.8. The van der Waals surface area contributed by atoms with Crippen molar-refractivity contribution in [3.8, 4) is 0 Å². The third kappa shape index (κ3) is 2.93. The van der Waals surface area contributed by atoms with Gasteiger partial charge in [-0.3, -0.25) is 9.59 Å². The quantitative estimate of drug-likeness (QED) is 0.835. The zero-order chi connectivity index (χ0) is 18.8. The van der Waals surface area contributed by atoms with Crippen LogP contribution in [0.2, 0.25) is 0 Å². The van der Waals surface area contributed by atoms with E-state index < -0.39 is 5.60 Å². The van der Waals surface area contributed by atoms with Gasteiger partial charge in [-0.05, 0) is 76.0 Å². The number of carbonyl (C=O) groups excluding carboxylic acids is 1. The number of nitrogens with one attached hydrogen (secondary N) is 1. The van der Waals surface area contributed by atoms with Gasteiger partial charge in [0.15, 0.2) is 0 Å². The Labute approximate surface area is 159 Å². The molecule has 27 heavy (non-hydrogen) atoms. The van der Waals surface area contributed by atoms with Gasteiger partial charge < -0.3 is 15.0 Å². The van der Waals surface area contributed by atoms with Gasteiger partial charge >= 0.3 is 0 Å². The zero-order valence-corrected chi connectivity index (χ0v) is 16.0. The van der Waals surface area contributed by atoms with Gasteiger partial charge in [0.25, 0.3) is 11.5 Å². The number of hydrogen-bond acceptors (Lipinski definition) is 4. The molecule has 6 heteroatoms. The molecular formula is C21H29N3O3. The van der Waals surface area contributed by atoms with Crippen molar-refractivity contribution in [3.63, 3.8) is 0 Å². The molecule has 1 aromatic heterocycles. The average Bonchev–Trinajstić information content (AvgIpc) is 2.59. The van der Waals surface area contributed by atoms with Crippen LogP contribution < -0.4 is 5.56 Å². The summed E-state index contributed by atoms with van der Waals surface area (Å²) in [7, 11) is 0. The van der Waals surface area contributed by atoms with E-state index in [2.05, 4.69) is 9.97 Å². The number of carbonyl (C=O) groups is 1. The second-order valence-electron chi connectivity index (χ2n) is 10.00. The fourth-order valence-electron chi connectivity index (χ4n) is 6.78. The predicted molar refractivity (Wildman–Crippen MR) is 100 cm³/mol. The molecule has 1 aliphatic heterocycles. The Morgan fingerprint density at radius 1 is 1.22 bits per heavy atom. The molecule has 146 valence electrons. The highest BCUT2D eigenvalue weighted by Crippen LogP contribution is 2.59. The van der Waals surface area contributed by atoms with Gasteiger partial charge in [-0.1, -0.05) is 0 Å². The molecule has 1 saturated heterocycles. The van der Waals surface area contributed by atoms with Crippen molar-refractivity contribution < 1.29 is 9.90 Å². The first-order valence-electron chi connectivity index (χ1n) is 10.5. The molecular weight excluding hydrogens is 342 g/mol. The molecule has 1 aromatic rings. The summed E-state index contributed by atoms with van der Waals surface area (Å²) in [4.78, 5) is 34.8. The van der Waals surface area contributed by atoms with Crippen molar-refractivity contribution in [2.24, 2.45) is 17.8 Å². The van der Waals surface area contributed by atoms with Gasteiger partial charge in [-0.15, -0.1) is 0 Å². The predicted octanol–water partition coefficient (Wildman–Crippen LogP) is 2.22. The summed E-state index contributed by atoms with van der Waals surface area (Å²) in [5.74, 6) is 2.81. The summed E-state index contributed by atoms with van der Waals surface area (Å²) in [6.45, 7) is 2.58. The number of aliphatic hydroxyl groups is 1. The Morgan fingerprint density at radius 2 is 1.85 bits per heavy atom. The Morgan fingerprint density at radius 3 is 2.41 bits per heavy atom. The van der Waals surface area contributed by atoms with Gasteiger partial charge in [0.2, 0.25) is 0 Å². The monoisotopic (exact) mass is 371 g/mol. The number of H-pyrrole nitrogens is 1. The molecule has 4 bridgehead atoms. The molecule has 2 N–H and O–H groups in total. The normalized spacial score (nSPS) is 40.4. The lowest BCUT2D eigenvalue weighted by atomic mass is 9.49. The Hall–Kier alpha value is -1.69. The maximum atomic E-state index is 12.8. The topological polar surface area (TPSA) is 86.3 Å². The van der Waals surface area contributed by atoms with Crippen LogP contribution in [0.1, 0.15) is 74.5 Å². The molecule has 1 amide bonds. The number of nitrogens with zero attached hydrogens (tertiary/aromatic N) is 2. The molecule has 4 saturated carbocycles. The number of aromatic amines is 1. The SMILES string of the molecule is C[C@@]1(O)CCCN(C(=O)c2cnc(C34CC5CC(CC(C5)C3)C4)[nH]c2=O)C1. The van der Waals surface area contributed by atoms with Crippen LogP contribution in [0.3, 0.4) is 0 Å². The lowest BCUT2D eigenvalue weighted by Gasteiger charge is -2.56. The first kappa shape index (κ1) is 17.4. The van der Waals surface area contributed by atoms with Crippen molar-refractivity contribution in [3.05, 3.63) is 27.9 Å². The summed E-state index contributed by atoms with van der Waals surface area (Å²) >= 11 is 0. The molecule has 0 unspecified atom stereocenters. The Bertz CT molecular complexity index is 793. The van der Waals surface area contributed by atoms with E-state index in [4.69, 9.17) is 0 Å². The van der Waals surface area contributed by atoms with Crippen molar-refractivity contribution in [1.82, 2.24) is 14.9 Å². The summed E-state index contributed by atoms with van der Waals surface area (Å²) in [5.41, 5.74) is -1.09. The van der Waals surface area contributed by atoms with E-state index in [-0.39, 0.29) is 29.0 Å². The Balaban J connectivity index is 1.41. The number of hydrogen-bond donors (Lipinski definition) is 2. The van der Waals surface area contributed by atoms with Gasteiger partial charge in [0, 0.05) is 24.7 Å². The molecule has 0 aromatic carbocycles. The summed E-state index contributed by atoms with van der Waals surface area (Å²) in [6, 6.07) is 0. The van der Waals surface area contributed by atoms with Crippen molar-refractivity contribution in [2.45, 2.75) is 69.3 Å². The highest BCUT2D eigenvalue weighted by Gasteiger charge is 2.53. The molecule has 5 aliphatic rings. The third-order valence-corrected chi connectivity index (χ3v) is 7.53. The summed E-state index contributed by atoms with van der Waals surface area (Å²) < 4.78 is 0. The van der Waals surface area contributed by atoms with Gasteiger partial charge in [-0.25, -0.2) is 4.98 Å². The Kier molecular flexibility index (Phi) is 3.81. The van der Waals surface area contributed by atoms with Crippen LogP contribution in [0.5, 0.6) is 0 Å². The maximum Gasteiger partial charge on any atom is 0.263 e. The smallest absolute Gasteiger partial charge is 0.263 e. The number of likely N-dealkylation sites (tertiary alicyclic amines) is 1. The van der Waals surface area contributed by atoms with Gasteiger partial charge in [-0.2, -0.15) is 0 Å². The molecule has 5 fully saturated rings. The molecule has 6 nitrogen and oxygen atoms in total.